The average Bonchev–Trinajstić information content (AvgIpc) is 2.60. The molecule has 10 heteroatoms. The van der Waals surface area contributed by atoms with Crippen molar-refractivity contribution in [2.24, 2.45) is 0 Å². The number of nitrogens with one attached hydrogen (secondary N) is 2. The second-order valence-electron chi connectivity index (χ2n) is 4.52. The van der Waals surface area contributed by atoms with E-state index in [0.717, 1.165) is 9.79 Å². The Morgan fingerprint density at radius 3 is 1.17 bits per heavy atom. The summed E-state index contributed by atoms with van der Waals surface area (Å²) in [5.74, 6) is 0. The third kappa shape index (κ3) is 4.74. The maximum Gasteiger partial charge on any atom is 0.240 e. The molecule has 0 atom stereocenters. The first-order chi connectivity index (χ1) is 11.3. The first kappa shape index (κ1) is 19.3. The van der Waals surface area contributed by atoms with Gasteiger partial charge in [0.2, 0.25) is 20.0 Å². The summed E-state index contributed by atoms with van der Waals surface area (Å²) >= 11 is 0. The molecule has 0 aliphatic rings. The van der Waals surface area contributed by atoms with Crippen molar-refractivity contribution < 1.29 is 16.8 Å². The van der Waals surface area contributed by atoms with Gasteiger partial charge in [0, 0.05) is 9.79 Å². The Bertz CT molecular complexity index is 815. The first-order valence-corrected chi connectivity index (χ1v) is 11.8. The Hall–Kier alpha value is -1.04. The summed E-state index contributed by atoms with van der Waals surface area (Å²) in [5.41, 5.74) is 0. The quantitative estimate of drug-likeness (QED) is 0.688. The maximum atomic E-state index is 11.7. The molecule has 0 aliphatic carbocycles. The number of hydrogen-bond donors (Lipinski definition) is 2. The van der Waals surface area contributed by atoms with Gasteiger partial charge < -0.3 is 0 Å². The van der Waals surface area contributed by atoms with Crippen LogP contribution in [0.25, 0.3) is 0 Å². The van der Waals surface area contributed by atoms with Gasteiger partial charge in [-0.2, -0.15) is 0 Å². The molecule has 2 aromatic rings. The molecular weight excluding hydrogens is 388 g/mol. The van der Waals surface area contributed by atoms with Crippen molar-refractivity contribution in [3.05, 3.63) is 48.5 Å². The second-order valence-corrected chi connectivity index (χ2v) is 10.6. The molecule has 0 amide bonds. The molecule has 0 unspecified atom stereocenters. The summed E-state index contributed by atoms with van der Waals surface area (Å²) in [6.07, 6.45) is 0. The van der Waals surface area contributed by atoms with Crippen LogP contribution in [-0.2, 0) is 20.0 Å². The van der Waals surface area contributed by atoms with E-state index in [4.69, 9.17) is 0 Å². The Labute approximate surface area is 149 Å². The van der Waals surface area contributed by atoms with Crippen LogP contribution in [0.3, 0.4) is 0 Å². The van der Waals surface area contributed by atoms with E-state index in [1.165, 1.54) is 59.9 Å². The Morgan fingerprint density at radius 1 is 0.625 bits per heavy atom. The normalized spacial score (nSPS) is 12.2. The molecule has 0 aromatic heterocycles. The molecule has 2 N–H and O–H groups in total. The lowest BCUT2D eigenvalue weighted by Gasteiger charge is -2.05. The van der Waals surface area contributed by atoms with Gasteiger partial charge >= 0.3 is 0 Å². The molecule has 0 saturated heterocycles. The number of sulfonamides is 2. The van der Waals surface area contributed by atoms with Gasteiger partial charge in [0.15, 0.2) is 0 Å². The molecule has 0 saturated carbocycles. The molecule has 6 nitrogen and oxygen atoms in total. The van der Waals surface area contributed by atoms with Gasteiger partial charge in [-0.05, 0) is 62.6 Å². The van der Waals surface area contributed by atoms with E-state index in [-0.39, 0.29) is 9.79 Å². The van der Waals surface area contributed by atoms with Crippen LogP contribution in [0, 0.1) is 0 Å². The lowest BCUT2D eigenvalue weighted by molar-refractivity contribution is 0.586. The van der Waals surface area contributed by atoms with E-state index in [9.17, 15) is 16.8 Å². The predicted molar refractivity (Wildman–Crippen MR) is 97.1 cm³/mol. The van der Waals surface area contributed by atoms with E-state index in [2.05, 4.69) is 9.44 Å². The fraction of sp³-hybridized carbons (Fsp3) is 0.143. The van der Waals surface area contributed by atoms with Gasteiger partial charge in [0.05, 0.1) is 9.79 Å². The van der Waals surface area contributed by atoms with E-state index in [1.54, 1.807) is 24.3 Å². The van der Waals surface area contributed by atoms with Crippen molar-refractivity contribution in [3.63, 3.8) is 0 Å². The highest BCUT2D eigenvalue weighted by Gasteiger charge is 2.12. The molecule has 2 aromatic carbocycles. The summed E-state index contributed by atoms with van der Waals surface area (Å²) in [5, 5.41) is 0. The van der Waals surface area contributed by atoms with Crippen molar-refractivity contribution in [2.45, 2.75) is 19.6 Å². The molecule has 0 heterocycles. The Balaban J connectivity index is 2.04. The SMILES string of the molecule is CNS(=O)(=O)c1ccc(SSc2ccc(S(=O)(=O)NC)cc2)cc1. The van der Waals surface area contributed by atoms with Gasteiger partial charge in [-0.15, -0.1) is 0 Å². The van der Waals surface area contributed by atoms with Crippen molar-refractivity contribution in [2.75, 3.05) is 14.1 Å². The molecule has 0 aliphatic heterocycles. The maximum absolute atomic E-state index is 11.7. The van der Waals surface area contributed by atoms with Gasteiger partial charge in [-0.3, -0.25) is 0 Å². The molecule has 0 fully saturated rings. The van der Waals surface area contributed by atoms with E-state index in [1.807, 2.05) is 0 Å². The van der Waals surface area contributed by atoms with Gasteiger partial charge in [0.1, 0.15) is 0 Å². The third-order valence-electron chi connectivity index (χ3n) is 3.04. The van der Waals surface area contributed by atoms with Crippen molar-refractivity contribution >= 4 is 41.6 Å². The van der Waals surface area contributed by atoms with Crippen LogP contribution >= 0.6 is 21.6 Å². The fourth-order valence-corrected chi connectivity index (χ4v) is 5.07. The molecule has 0 spiro atoms. The van der Waals surface area contributed by atoms with Crippen LogP contribution in [0.2, 0.25) is 0 Å². The summed E-state index contributed by atoms with van der Waals surface area (Å²) in [6.45, 7) is 0. The zero-order chi connectivity index (χ0) is 17.8. The lowest BCUT2D eigenvalue weighted by Crippen LogP contribution is -2.18. The predicted octanol–water partition coefficient (Wildman–Crippen LogP) is 2.30. The molecule has 2 rings (SSSR count). The zero-order valence-electron chi connectivity index (χ0n) is 12.9. The highest BCUT2D eigenvalue weighted by atomic mass is 33.1. The highest BCUT2D eigenvalue weighted by molar-refractivity contribution is 8.76. The third-order valence-corrected chi connectivity index (χ3v) is 8.32. The number of benzene rings is 2. The summed E-state index contributed by atoms with van der Waals surface area (Å²) in [6, 6.07) is 13.1. The second kappa shape index (κ2) is 7.89. The summed E-state index contributed by atoms with van der Waals surface area (Å²) < 4.78 is 51.1. The van der Waals surface area contributed by atoms with Crippen molar-refractivity contribution in [1.82, 2.24) is 9.44 Å². The first-order valence-electron chi connectivity index (χ1n) is 6.70. The van der Waals surface area contributed by atoms with Gasteiger partial charge in [0.25, 0.3) is 0 Å². The van der Waals surface area contributed by atoms with Crippen molar-refractivity contribution in [3.8, 4) is 0 Å². The van der Waals surface area contributed by atoms with Crippen LogP contribution in [0.1, 0.15) is 0 Å². The van der Waals surface area contributed by atoms with Crippen LogP contribution in [0.4, 0.5) is 0 Å². The zero-order valence-corrected chi connectivity index (χ0v) is 16.2. The monoisotopic (exact) mass is 404 g/mol. The number of rotatable bonds is 7. The summed E-state index contributed by atoms with van der Waals surface area (Å²) in [7, 11) is -1.22. The van der Waals surface area contributed by atoms with E-state index < -0.39 is 20.0 Å². The fourth-order valence-electron chi connectivity index (χ4n) is 1.68. The molecule has 130 valence electrons. The van der Waals surface area contributed by atoms with Crippen LogP contribution < -0.4 is 9.44 Å². The lowest BCUT2D eigenvalue weighted by atomic mass is 10.4. The number of hydrogen-bond acceptors (Lipinski definition) is 6. The van der Waals surface area contributed by atoms with Crippen molar-refractivity contribution in [1.29, 1.82) is 0 Å². The minimum absolute atomic E-state index is 0.209. The standard InChI is InChI=1S/C14H16N2O4S4/c1-15-23(17,18)13-7-3-11(4-8-13)21-22-12-5-9-14(10-6-12)24(19,20)16-2/h3-10,15-16H,1-2H3. The molecule has 0 radical (unpaired) electrons. The Kier molecular flexibility index (Phi) is 6.34. The smallest absolute Gasteiger partial charge is 0.214 e. The summed E-state index contributed by atoms with van der Waals surface area (Å²) in [4.78, 5) is 2.20. The van der Waals surface area contributed by atoms with Gasteiger partial charge in [-0.25, -0.2) is 26.3 Å². The molecule has 24 heavy (non-hydrogen) atoms. The molecule has 0 bridgehead atoms. The van der Waals surface area contributed by atoms with Crippen LogP contribution in [-0.4, -0.2) is 30.9 Å². The van der Waals surface area contributed by atoms with E-state index in [0.29, 0.717) is 0 Å². The Morgan fingerprint density at radius 2 is 0.917 bits per heavy atom. The topological polar surface area (TPSA) is 92.3 Å². The minimum Gasteiger partial charge on any atom is -0.214 e. The van der Waals surface area contributed by atoms with Gasteiger partial charge in [-0.1, -0.05) is 21.6 Å². The van der Waals surface area contributed by atoms with E-state index >= 15 is 0 Å². The minimum atomic E-state index is -3.43. The average molecular weight is 405 g/mol. The van der Waals surface area contributed by atoms with Crippen LogP contribution in [0.5, 0.6) is 0 Å². The molecular formula is C14H16N2O4S4. The highest BCUT2D eigenvalue weighted by Crippen LogP contribution is 2.37. The largest absolute Gasteiger partial charge is 0.240 e. The van der Waals surface area contributed by atoms with Crippen LogP contribution in [0.15, 0.2) is 68.1 Å².